The van der Waals surface area contributed by atoms with Crippen LogP contribution in [0.25, 0.3) is 0 Å². The second-order valence-electron chi connectivity index (χ2n) is 10.2. The van der Waals surface area contributed by atoms with Gasteiger partial charge in [0.2, 0.25) is 16.6 Å². The van der Waals surface area contributed by atoms with Crippen molar-refractivity contribution in [3.8, 4) is 0 Å². The van der Waals surface area contributed by atoms with Crippen molar-refractivity contribution in [1.29, 1.82) is 0 Å². The zero-order valence-corrected chi connectivity index (χ0v) is 27.1. The summed E-state index contributed by atoms with van der Waals surface area (Å²) >= 11 is 0. The molecular weight excluding hydrogens is 471 g/mol. The van der Waals surface area contributed by atoms with Crippen LogP contribution in [0.5, 0.6) is 0 Å². The molecule has 0 aliphatic heterocycles. The molecule has 0 radical (unpaired) electrons. The molecule has 0 heterocycles. The van der Waals surface area contributed by atoms with Crippen molar-refractivity contribution in [2.45, 2.75) is 130 Å². The summed E-state index contributed by atoms with van der Waals surface area (Å²) in [6.07, 6.45) is 10.0. The summed E-state index contributed by atoms with van der Waals surface area (Å²) in [7, 11) is -3.27. The predicted molar refractivity (Wildman–Crippen MR) is 141 cm³/mol. The molecule has 0 aliphatic rings. The summed E-state index contributed by atoms with van der Waals surface area (Å²) in [6.45, 7) is 33.0. The first kappa shape index (κ1) is 40.1. The molecule has 0 aromatic heterocycles. The molecule has 0 atom stereocenters. The van der Waals surface area contributed by atoms with Gasteiger partial charge in [-0.2, -0.15) is 13.8 Å². The fourth-order valence-corrected chi connectivity index (χ4v) is 16.3. The minimum Gasteiger partial charge on any atom is -0.502 e. The van der Waals surface area contributed by atoms with Gasteiger partial charge in [0, 0.05) is 13.2 Å². The van der Waals surface area contributed by atoms with Crippen LogP contribution < -0.4 is 18.9 Å². The Labute approximate surface area is 228 Å². The van der Waals surface area contributed by atoms with Gasteiger partial charge in [0.15, 0.2) is 0 Å². The van der Waals surface area contributed by atoms with Gasteiger partial charge in [-0.25, -0.2) is 12.2 Å². The van der Waals surface area contributed by atoms with Gasteiger partial charge in [-0.15, -0.1) is 0 Å². The van der Waals surface area contributed by atoms with Gasteiger partial charge in [-0.3, -0.25) is 0 Å². The Balaban J connectivity index is -0.000000231. The molecule has 0 aromatic carbocycles. The maximum Gasteiger partial charge on any atom is 1.00 e. The van der Waals surface area contributed by atoms with E-state index in [0.29, 0.717) is 33.2 Å². The fourth-order valence-electron chi connectivity index (χ4n) is 5.54. The molecule has 0 amide bonds. The molecule has 2 nitrogen and oxygen atoms in total. The minimum atomic E-state index is -1.64. The first-order chi connectivity index (χ1) is 13.8. The first-order valence-corrected chi connectivity index (χ1v) is 16.3. The largest absolute Gasteiger partial charge is 1.00 e. The molecule has 0 saturated heterocycles. The molecule has 32 heavy (non-hydrogen) atoms. The van der Waals surface area contributed by atoms with E-state index in [1.54, 1.807) is 0 Å². The van der Waals surface area contributed by atoms with Gasteiger partial charge in [0.05, 0.1) is 0 Å². The summed E-state index contributed by atoms with van der Waals surface area (Å²) in [5, 5.41) is 0. The van der Waals surface area contributed by atoms with E-state index in [4.69, 9.17) is 8.85 Å². The van der Waals surface area contributed by atoms with E-state index in [2.05, 4.69) is 95.2 Å². The number of hydrogen-bond donors (Lipinski definition) is 0. The Bertz CT molecular complexity index is 403. The van der Waals surface area contributed by atoms with Crippen LogP contribution in [0.15, 0.2) is 12.2 Å². The van der Waals surface area contributed by atoms with Crippen LogP contribution in [0.2, 0.25) is 33.2 Å². The number of hydrogen-bond acceptors (Lipinski definition) is 2. The van der Waals surface area contributed by atoms with Gasteiger partial charge in [-0.1, -0.05) is 83.1 Å². The summed E-state index contributed by atoms with van der Waals surface area (Å²) in [5.74, 6) is 0. The quantitative estimate of drug-likeness (QED) is 0.226. The Kier molecular flexibility index (Phi) is 25.3. The average molecular weight is 525 g/mol. The van der Waals surface area contributed by atoms with Crippen molar-refractivity contribution in [3.05, 3.63) is 24.3 Å². The SMILES string of the molecule is C[C-]=CCO[Si](C(C)C)(C(C)C)C(C)C.C[C-]=CCO[Si](C(C)C)(C(C)C)C(C)C.[Cu+].[Li+]. The molecule has 0 aromatic rings. The zero-order chi connectivity index (χ0) is 24.1. The van der Waals surface area contributed by atoms with E-state index in [9.17, 15) is 0 Å². The maximum atomic E-state index is 6.28. The van der Waals surface area contributed by atoms with Crippen LogP contribution >= 0.6 is 0 Å². The molecular formula is C26H54CuLiO2Si2. The smallest absolute Gasteiger partial charge is 0.502 e. The summed E-state index contributed by atoms with van der Waals surface area (Å²) in [5.41, 5.74) is 4.02. The molecule has 190 valence electrons. The average Bonchev–Trinajstić information content (AvgIpc) is 2.61. The van der Waals surface area contributed by atoms with E-state index < -0.39 is 16.6 Å². The molecule has 0 bridgehead atoms. The first-order valence-electron chi connectivity index (χ1n) is 12.0. The molecule has 6 heteroatoms. The normalized spacial score (nSPS) is 12.9. The third-order valence-corrected chi connectivity index (χ3v) is 18.8. The van der Waals surface area contributed by atoms with Crippen LogP contribution in [-0.2, 0) is 25.9 Å². The van der Waals surface area contributed by atoms with Gasteiger partial charge in [-0.05, 0) is 33.2 Å². The number of rotatable bonds is 12. The van der Waals surface area contributed by atoms with Crippen LogP contribution in [-0.4, -0.2) is 29.8 Å². The summed E-state index contributed by atoms with van der Waals surface area (Å²) in [6, 6.07) is 0. The molecule has 0 spiro atoms. The Morgan fingerprint density at radius 2 is 0.719 bits per heavy atom. The standard InChI is InChI=1S/2C13H27OSi.Cu.Li/c2*1-8-9-10-14-15(11(2)3,12(4)5)13(6)7;;/h2*9,11-13H,10H2,1-7H3;;/q2*-1;2*+1. The van der Waals surface area contributed by atoms with Crippen molar-refractivity contribution in [1.82, 2.24) is 0 Å². The van der Waals surface area contributed by atoms with Crippen molar-refractivity contribution in [3.63, 3.8) is 0 Å². The van der Waals surface area contributed by atoms with E-state index in [-0.39, 0.29) is 35.9 Å². The summed E-state index contributed by atoms with van der Waals surface area (Å²) in [4.78, 5) is 0. The predicted octanol–water partition coefficient (Wildman–Crippen LogP) is 6.12. The van der Waals surface area contributed by atoms with Crippen molar-refractivity contribution in [2.24, 2.45) is 0 Å². The Morgan fingerprint density at radius 1 is 0.531 bits per heavy atom. The Morgan fingerprint density at radius 3 is 0.844 bits per heavy atom. The van der Waals surface area contributed by atoms with Gasteiger partial charge in [0.1, 0.15) is 0 Å². The molecule has 0 aliphatic carbocycles. The van der Waals surface area contributed by atoms with Gasteiger partial charge < -0.3 is 21.0 Å². The molecule has 0 N–H and O–H groups in total. The summed E-state index contributed by atoms with van der Waals surface area (Å²) < 4.78 is 12.6. The zero-order valence-electron chi connectivity index (χ0n) is 24.2. The number of allylic oxidation sites excluding steroid dienone is 2. The fraction of sp³-hybridized carbons (Fsp3) is 0.846. The van der Waals surface area contributed by atoms with Crippen LogP contribution in [0.1, 0.15) is 96.9 Å². The monoisotopic (exact) mass is 524 g/mol. The van der Waals surface area contributed by atoms with E-state index in [1.165, 1.54) is 0 Å². The van der Waals surface area contributed by atoms with E-state index in [0.717, 1.165) is 13.2 Å². The Hall–Kier alpha value is 0.951. The van der Waals surface area contributed by atoms with Gasteiger partial charge >= 0.3 is 35.9 Å². The van der Waals surface area contributed by atoms with Crippen LogP contribution in [0, 0.1) is 12.2 Å². The third-order valence-electron chi connectivity index (χ3n) is 6.66. The van der Waals surface area contributed by atoms with E-state index >= 15 is 0 Å². The third kappa shape index (κ3) is 11.6. The van der Waals surface area contributed by atoms with Crippen LogP contribution in [0.3, 0.4) is 0 Å². The van der Waals surface area contributed by atoms with E-state index in [1.807, 2.05) is 26.0 Å². The topological polar surface area (TPSA) is 18.5 Å². The maximum absolute atomic E-state index is 6.28. The molecule has 0 fully saturated rings. The van der Waals surface area contributed by atoms with Crippen molar-refractivity contribution >= 4 is 16.6 Å². The molecule has 0 rings (SSSR count). The molecule has 0 unspecified atom stereocenters. The second-order valence-corrected chi connectivity index (χ2v) is 21.2. The van der Waals surface area contributed by atoms with Crippen molar-refractivity contribution < 1.29 is 44.8 Å². The van der Waals surface area contributed by atoms with Crippen molar-refractivity contribution in [2.75, 3.05) is 13.2 Å². The minimum absolute atomic E-state index is 0. The second kappa shape index (κ2) is 20.2. The van der Waals surface area contributed by atoms with Gasteiger partial charge in [0.25, 0.3) is 0 Å². The van der Waals surface area contributed by atoms with Crippen LogP contribution in [0.4, 0.5) is 0 Å². The molecule has 0 saturated carbocycles.